The summed E-state index contributed by atoms with van der Waals surface area (Å²) in [5.74, 6) is -0.526. The van der Waals surface area contributed by atoms with Crippen LogP contribution in [0, 0.1) is 11.6 Å². The second-order valence-corrected chi connectivity index (χ2v) is 5.26. The minimum absolute atomic E-state index is 0.168. The van der Waals surface area contributed by atoms with Crippen molar-refractivity contribution in [3.05, 3.63) is 29.6 Å². The Morgan fingerprint density at radius 2 is 2.25 bits per heavy atom. The molecule has 20 heavy (non-hydrogen) atoms. The van der Waals surface area contributed by atoms with E-state index >= 15 is 0 Å². The second kappa shape index (κ2) is 5.66. The van der Waals surface area contributed by atoms with Crippen molar-refractivity contribution in [1.29, 1.82) is 0 Å². The van der Waals surface area contributed by atoms with E-state index in [1.165, 1.54) is 6.07 Å². The first-order valence-electron chi connectivity index (χ1n) is 6.71. The number of aryl methyl sites for hydroxylation is 1. The summed E-state index contributed by atoms with van der Waals surface area (Å²) in [5, 5.41) is 0. The van der Waals surface area contributed by atoms with Crippen molar-refractivity contribution in [3.8, 4) is 0 Å². The van der Waals surface area contributed by atoms with Crippen LogP contribution in [0.4, 0.5) is 8.78 Å². The van der Waals surface area contributed by atoms with Crippen molar-refractivity contribution in [2.24, 2.45) is 0 Å². The summed E-state index contributed by atoms with van der Waals surface area (Å²) in [7, 11) is 0. The number of hydrogen-bond acceptors (Lipinski definition) is 2. The zero-order valence-electron chi connectivity index (χ0n) is 10.9. The number of aromatic nitrogens is 2. The molecule has 1 atom stereocenters. The quantitative estimate of drug-likeness (QED) is 0.806. The highest BCUT2D eigenvalue weighted by Gasteiger charge is 2.19. The number of nitrogens with zero attached hydrogens (tertiary/aromatic N) is 2. The normalized spacial score (nSPS) is 19.1. The lowest BCUT2D eigenvalue weighted by molar-refractivity contribution is 0.100. The van der Waals surface area contributed by atoms with Gasteiger partial charge in [-0.25, -0.2) is 13.8 Å². The predicted molar refractivity (Wildman–Crippen MR) is 72.8 cm³/mol. The molecule has 108 valence electrons. The largest absolute Gasteiger partial charge is 0.378 e. The lowest BCUT2D eigenvalue weighted by Gasteiger charge is -2.12. The molecule has 1 fully saturated rings. The summed E-state index contributed by atoms with van der Waals surface area (Å²) in [4.78, 5) is 4.17. The van der Waals surface area contributed by atoms with Crippen molar-refractivity contribution < 1.29 is 13.5 Å². The predicted octanol–water partition coefficient (Wildman–Crippen LogP) is 3.62. The van der Waals surface area contributed by atoms with Gasteiger partial charge in [-0.05, 0) is 25.3 Å². The van der Waals surface area contributed by atoms with Gasteiger partial charge in [0.05, 0.1) is 17.5 Å². The summed E-state index contributed by atoms with van der Waals surface area (Å²) in [6, 6.07) is 2.15. The number of ether oxygens (including phenoxy) is 1. The van der Waals surface area contributed by atoms with Crippen LogP contribution in [-0.2, 0) is 17.2 Å². The van der Waals surface area contributed by atoms with E-state index in [1.54, 1.807) is 4.57 Å². The molecule has 1 saturated heterocycles. The number of fused-ring (bicyclic) bond motifs is 1. The zero-order chi connectivity index (χ0) is 14.1. The van der Waals surface area contributed by atoms with Gasteiger partial charge in [-0.15, -0.1) is 11.6 Å². The van der Waals surface area contributed by atoms with Gasteiger partial charge in [-0.1, -0.05) is 0 Å². The highest BCUT2D eigenvalue weighted by molar-refractivity contribution is 6.16. The molecule has 0 bridgehead atoms. The molecular weight excluding hydrogens is 286 g/mol. The molecule has 1 aliphatic heterocycles. The van der Waals surface area contributed by atoms with E-state index < -0.39 is 11.6 Å². The van der Waals surface area contributed by atoms with Crippen molar-refractivity contribution >= 4 is 22.6 Å². The van der Waals surface area contributed by atoms with Crippen LogP contribution in [-0.4, -0.2) is 22.3 Å². The van der Waals surface area contributed by atoms with Crippen LogP contribution in [0.5, 0.6) is 0 Å². The molecule has 0 saturated carbocycles. The maximum Gasteiger partial charge on any atom is 0.153 e. The van der Waals surface area contributed by atoms with Crippen LogP contribution in [0.1, 0.15) is 25.1 Å². The molecule has 0 radical (unpaired) electrons. The van der Waals surface area contributed by atoms with E-state index in [1.807, 2.05) is 0 Å². The summed E-state index contributed by atoms with van der Waals surface area (Å²) >= 11 is 5.86. The van der Waals surface area contributed by atoms with Crippen molar-refractivity contribution in [3.63, 3.8) is 0 Å². The van der Waals surface area contributed by atoms with Crippen LogP contribution >= 0.6 is 11.6 Å². The highest BCUT2D eigenvalue weighted by Crippen LogP contribution is 2.24. The second-order valence-electron chi connectivity index (χ2n) is 4.99. The monoisotopic (exact) mass is 300 g/mol. The van der Waals surface area contributed by atoms with E-state index in [0.717, 1.165) is 31.9 Å². The molecule has 2 heterocycles. The molecule has 3 nitrogen and oxygen atoms in total. The van der Waals surface area contributed by atoms with Gasteiger partial charge in [-0.2, -0.15) is 0 Å². The fourth-order valence-corrected chi connectivity index (χ4v) is 2.90. The lowest BCUT2D eigenvalue weighted by atomic mass is 10.2. The third-order valence-corrected chi connectivity index (χ3v) is 3.91. The summed E-state index contributed by atoms with van der Waals surface area (Å²) in [6.07, 6.45) is 3.12. The standard InChI is InChI=1S/C14H15ClF2N2O/c15-8-13-18-14-11(17)6-9(16)7-12(14)19(13)4-3-10-2-1-5-20-10/h6-7,10H,1-5,8H2. The average Bonchev–Trinajstić information content (AvgIpc) is 3.03. The van der Waals surface area contributed by atoms with Gasteiger partial charge in [0, 0.05) is 19.2 Å². The number of alkyl halides is 1. The molecule has 1 unspecified atom stereocenters. The Morgan fingerprint density at radius 3 is 2.95 bits per heavy atom. The van der Waals surface area contributed by atoms with Crippen LogP contribution in [0.3, 0.4) is 0 Å². The van der Waals surface area contributed by atoms with Crippen LogP contribution in [0.15, 0.2) is 12.1 Å². The van der Waals surface area contributed by atoms with Gasteiger partial charge >= 0.3 is 0 Å². The minimum Gasteiger partial charge on any atom is -0.378 e. The fourth-order valence-electron chi connectivity index (χ4n) is 2.69. The number of imidazole rings is 1. The van der Waals surface area contributed by atoms with Gasteiger partial charge in [0.1, 0.15) is 17.2 Å². The number of rotatable bonds is 4. The van der Waals surface area contributed by atoms with E-state index in [9.17, 15) is 8.78 Å². The smallest absolute Gasteiger partial charge is 0.153 e. The maximum absolute atomic E-state index is 13.7. The maximum atomic E-state index is 13.7. The summed E-state index contributed by atoms with van der Waals surface area (Å²) < 4.78 is 34.5. The van der Waals surface area contributed by atoms with Crippen LogP contribution < -0.4 is 0 Å². The first-order valence-corrected chi connectivity index (χ1v) is 7.24. The summed E-state index contributed by atoms with van der Waals surface area (Å²) in [5.41, 5.74) is 0.630. The molecule has 0 amide bonds. The van der Waals surface area contributed by atoms with Crippen molar-refractivity contribution in [2.45, 2.75) is 37.8 Å². The topological polar surface area (TPSA) is 27.1 Å². The Morgan fingerprint density at radius 1 is 1.40 bits per heavy atom. The number of hydrogen-bond donors (Lipinski definition) is 0. The molecule has 0 spiro atoms. The first kappa shape index (κ1) is 13.8. The third-order valence-electron chi connectivity index (χ3n) is 3.67. The Kier molecular flexibility index (Phi) is 3.89. The molecule has 1 aromatic carbocycles. The van der Waals surface area contributed by atoms with E-state index in [-0.39, 0.29) is 17.5 Å². The molecule has 0 aliphatic carbocycles. The van der Waals surface area contributed by atoms with Gasteiger partial charge in [-0.3, -0.25) is 0 Å². The molecule has 0 N–H and O–H groups in total. The number of benzene rings is 1. The van der Waals surface area contributed by atoms with Crippen LogP contribution in [0.25, 0.3) is 11.0 Å². The fraction of sp³-hybridized carbons (Fsp3) is 0.500. The van der Waals surface area contributed by atoms with E-state index in [2.05, 4.69) is 4.98 Å². The molecule has 2 aromatic rings. The molecule has 1 aromatic heterocycles. The Labute approximate surface area is 120 Å². The first-order chi connectivity index (χ1) is 9.69. The van der Waals surface area contributed by atoms with Gasteiger partial charge in [0.25, 0.3) is 0 Å². The Balaban J connectivity index is 1.94. The van der Waals surface area contributed by atoms with Gasteiger partial charge in [0.2, 0.25) is 0 Å². The molecular formula is C14H15ClF2N2O. The average molecular weight is 301 g/mol. The van der Waals surface area contributed by atoms with E-state index in [0.29, 0.717) is 17.9 Å². The molecule has 1 aliphatic rings. The zero-order valence-corrected chi connectivity index (χ0v) is 11.7. The molecule has 3 rings (SSSR count). The minimum atomic E-state index is -0.651. The van der Waals surface area contributed by atoms with Gasteiger partial charge in [0.15, 0.2) is 5.82 Å². The SMILES string of the molecule is Fc1cc(F)c2nc(CCl)n(CCC3CCCO3)c2c1. The van der Waals surface area contributed by atoms with Crippen molar-refractivity contribution in [2.75, 3.05) is 6.61 Å². The lowest BCUT2D eigenvalue weighted by Crippen LogP contribution is -2.11. The van der Waals surface area contributed by atoms with Gasteiger partial charge < -0.3 is 9.30 Å². The Hall–Kier alpha value is -1.20. The van der Waals surface area contributed by atoms with Crippen molar-refractivity contribution in [1.82, 2.24) is 9.55 Å². The molecule has 6 heteroatoms. The number of halogens is 3. The highest BCUT2D eigenvalue weighted by atomic mass is 35.5. The summed E-state index contributed by atoms with van der Waals surface area (Å²) in [6.45, 7) is 1.40. The Bertz CT molecular complexity index is 623. The van der Waals surface area contributed by atoms with Crippen LogP contribution in [0.2, 0.25) is 0 Å². The third kappa shape index (κ3) is 2.52. The van der Waals surface area contributed by atoms with E-state index in [4.69, 9.17) is 16.3 Å².